The van der Waals surface area contributed by atoms with Gasteiger partial charge in [0.2, 0.25) is 5.95 Å². The van der Waals surface area contributed by atoms with Gasteiger partial charge in [-0.15, -0.1) is 0 Å². The fourth-order valence-corrected chi connectivity index (χ4v) is 4.57. The van der Waals surface area contributed by atoms with Crippen LogP contribution < -0.4 is 20.9 Å². The molecule has 6 rings (SSSR count). The zero-order chi connectivity index (χ0) is 25.2. The summed E-state index contributed by atoms with van der Waals surface area (Å²) in [5.41, 5.74) is 3.34. The predicted octanol–water partition coefficient (Wildman–Crippen LogP) is 5.50. The fraction of sp³-hybridized carbons (Fsp3) is 0.259. The van der Waals surface area contributed by atoms with Crippen molar-refractivity contribution < 1.29 is 4.39 Å². The third-order valence-electron chi connectivity index (χ3n) is 6.51. The molecule has 0 spiro atoms. The Bertz CT molecular complexity index is 1400. The third kappa shape index (κ3) is 5.47. The van der Waals surface area contributed by atoms with Crippen molar-refractivity contribution in [3.63, 3.8) is 0 Å². The molecule has 4 aromatic rings. The summed E-state index contributed by atoms with van der Waals surface area (Å²) in [5.74, 6) is 1.87. The van der Waals surface area contributed by atoms with Crippen LogP contribution in [0.2, 0.25) is 5.02 Å². The highest BCUT2D eigenvalue weighted by atomic mass is 35.5. The van der Waals surface area contributed by atoms with Crippen molar-refractivity contribution in [2.24, 2.45) is 0 Å². The van der Waals surface area contributed by atoms with E-state index in [9.17, 15) is 4.39 Å². The molecule has 3 heterocycles. The largest absolute Gasteiger partial charge is 0.369 e. The molecular weight excluding hydrogens is 491 g/mol. The minimum atomic E-state index is -0.425. The highest BCUT2D eigenvalue weighted by Gasteiger charge is 2.28. The smallest absolute Gasteiger partial charge is 0.229 e. The van der Waals surface area contributed by atoms with Crippen LogP contribution in [-0.4, -0.2) is 46.1 Å². The molecule has 1 saturated carbocycles. The molecule has 2 aromatic heterocycles. The lowest BCUT2D eigenvalue weighted by atomic mass is 10.1. The Balaban J connectivity index is 1.22. The molecule has 188 valence electrons. The van der Waals surface area contributed by atoms with Gasteiger partial charge in [-0.25, -0.2) is 19.3 Å². The standard InChI is InChI=1S/C27H26ClFN8/c28-18-3-8-23(29)21(15-18)25-32-16-22(17-1-2-17)26(36-25)34-24-9-10-31-27(35-24)33-19-4-6-20(7-5-19)37-13-11-30-12-14-37/h3-10,15-17,30H,1-2,11-14H2,(H2,31,32,33,34,35,36). The molecule has 0 amide bonds. The first-order valence-electron chi connectivity index (χ1n) is 12.4. The van der Waals surface area contributed by atoms with Gasteiger partial charge < -0.3 is 20.9 Å². The van der Waals surface area contributed by atoms with Gasteiger partial charge in [0.05, 0.1) is 5.56 Å². The zero-order valence-corrected chi connectivity index (χ0v) is 20.8. The van der Waals surface area contributed by atoms with E-state index in [0.29, 0.717) is 28.5 Å². The number of benzene rings is 2. The first-order valence-corrected chi connectivity index (χ1v) is 12.8. The van der Waals surface area contributed by atoms with E-state index in [0.717, 1.165) is 50.3 Å². The van der Waals surface area contributed by atoms with Crippen LogP contribution in [0.1, 0.15) is 24.3 Å². The summed E-state index contributed by atoms with van der Waals surface area (Å²) >= 11 is 6.09. The van der Waals surface area contributed by atoms with Crippen molar-refractivity contribution in [3.05, 3.63) is 77.3 Å². The zero-order valence-electron chi connectivity index (χ0n) is 20.1. The first-order chi connectivity index (χ1) is 18.1. The van der Waals surface area contributed by atoms with Gasteiger partial charge in [0, 0.05) is 60.5 Å². The van der Waals surface area contributed by atoms with Gasteiger partial charge in [0.15, 0.2) is 5.82 Å². The topological polar surface area (TPSA) is 90.9 Å². The maximum absolute atomic E-state index is 14.5. The van der Waals surface area contributed by atoms with Crippen LogP contribution >= 0.6 is 11.6 Å². The van der Waals surface area contributed by atoms with Crippen LogP contribution in [-0.2, 0) is 0 Å². The first kappa shape index (κ1) is 23.6. The minimum absolute atomic E-state index is 0.257. The van der Waals surface area contributed by atoms with Crippen LogP contribution in [0.3, 0.4) is 0 Å². The molecule has 2 aliphatic rings. The minimum Gasteiger partial charge on any atom is -0.369 e. The number of aromatic nitrogens is 4. The van der Waals surface area contributed by atoms with Crippen LogP contribution in [0.5, 0.6) is 0 Å². The van der Waals surface area contributed by atoms with E-state index < -0.39 is 5.82 Å². The number of hydrogen-bond donors (Lipinski definition) is 3. The molecule has 1 saturated heterocycles. The van der Waals surface area contributed by atoms with Crippen molar-refractivity contribution in [1.29, 1.82) is 0 Å². The van der Waals surface area contributed by atoms with Crippen molar-refractivity contribution >= 4 is 40.6 Å². The average Bonchev–Trinajstić information content (AvgIpc) is 3.77. The molecule has 0 radical (unpaired) electrons. The summed E-state index contributed by atoms with van der Waals surface area (Å²) in [6, 6.07) is 14.4. The summed E-state index contributed by atoms with van der Waals surface area (Å²) < 4.78 is 14.5. The van der Waals surface area contributed by atoms with E-state index in [2.05, 4.69) is 52.9 Å². The van der Waals surface area contributed by atoms with E-state index in [-0.39, 0.29) is 11.4 Å². The quantitative estimate of drug-likeness (QED) is 0.296. The Morgan fingerprint density at radius 2 is 1.76 bits per heavy atom. The second-order valence-electron chi connectivity index (χ2n) is 9.20. The second kappa shape index (κ2) is 10.3. The Morgan fingerprint density at radius 3 is 2.54 bits per heavy atom. The Kier molecular flexibility index (Phi) is 6.55. The van der Waals surface area contributed by atoms with Crippen molar-refractivity contribution in [3.8, 4) is 11.4 Å². The summed E-state index contributed by atoms with van der Waals surface area (Å²) in [6.45, 7) is 4.00. The second-order valence-corrected chi connectivity index (χ2v) is 9.63. The normalized spacial score (nSPS) is 15.5. The van der Waals surface area contributed by atoms with Crippen LogP contribution in [0, 0.1) is 5.82 Å². The van der Waals surface area contributed by atoms with E-state index >= 15 is 0 Å². The molecule has 1 aliphatic carbocycles. The average molecular weight is 517 g/mol. The summed E-state index contributed by atoms with van der Waals surface area (Å²) in [5, 5.41) is 10.4. The van der Waals surface area contributed by atoms with E-state index in [1.54, 1.807) is 18.5 Å². The van der Waals surface area contributed by atoms with Gasteiger partial charge in [-0.3, -0.25) is 0 Å². The number of nitrogens with one attached hydrogen (secondary N) is 3. The van der Waals surface area contributed by atoms with Gasteiger partial charge in [-0.1, -0.05) is 11.6 Å². The number of anilines is 5. The lowest BCUT2D eigenvalue weighted by Crippen LogP contribution is -2.43. The van der Waals surface area contributed by atoms with E-state index in [1.165, 1.54) is 23.9 Å². The van der Waals surface area contributed by atoms with Gasteiger partial charge in [0.1, 0.15) is 17.5 Å². The molecule has 0 bridgehead atoms. The Labute approximate surface area is 219 Å². The van der Waals surface area contributed by atoms with Crippen LogP contribution in [0.25, 0.3) is 11.4 Å². The molecule has 10 heteroatoms. The molecule has 0 unspecified atom stereocenters. The number of piperazine rings is 1. The van der Waals surface area contributed by atoms with E-state index in [4.69, 9.17) is 11.6 Å². The molecule has 37 heavy (non-hydrogen) atoms. The number of hydrogen-bond acceptors (Lipinski definition) is 8. The van der Waals surface area contributed by atoms with Gasteiger partial charge in [0.25, 0.3) is 0 Å². The molecule has 1 aliphatic heterocycles. The van der Waals surface area contributed by atoms with Crippen LogP contribution in [0.15, 0.2) is 60.9 Å². The highest BCUT2D eigenvalue weighted by Crippen LogP contribution is 2.43. The van der Waals surface area contributed by atoms with Gasteiger partial charge >= 0.3 is 0 Å². The molecule has 8 nitrogen and oxygen atoms in total. The van der Waals surface area contributed by atoms with Gasteiger partial charge in [-0.2, -0.15) is 4.98 Å². The molecule has 2 fully saturated rings. The van der Waals surface area contributed by atoms with Crippen LogP contribution in [0.4, 0.5) is 33.3 Å². The molecule has 3 N–H and O–H groups in total. The van der Waals surface area contributed by atoms with Crippen molar-refractivity contribution in [2.45, 2.75) is 18.8 Å². The number of nitrogens with zero attached hydrogens (tertiary/aromatic N) is 5. The number of halogens is 2. The van der Waals surface area contributed by atoms with Crippen molar-refractivity contribution in [2.75, 3.05) is 41.7 Å². The Hall–Kier alpha value is -3.82. The number of rotatable bonds is 7. The summed E-state index contributed by atoms with van der Waals surface area (Å²) in [7, 11) is 0. The highest BCUT2D eigenvalue weighted by molar-refractivity contribution is 6.30. The summed E-state index contributed by atoms with van der Waals surface area (Å²) in [4.78, 5) is 20.4. The SMILES string of the molecule is Fc1ccc(Cl)cc1-c1ncc(C2CC2)c(Nc2ccnc(Nc3ccc(N4CCNCC4)cc3)n2)n1. The maximum atomic E-state index is 14.5. The van der Waals surface area contributed by atoms with Gasteiger partial charge in [-0.05, 0) is 67.3 Å². The third-order valence-corrected chi connectivity index (χ3v) is 6.75. The van der Waals surface area contributed by atoms with Crippen molar-refractivity contribution in [1.82, 2.24) is 25.3 Å². The maximum Gasteiger partial charge on any atom is 0.229 e. The Morgan fingerprint density at radius 1 is 0.946 bits per heavy atom. The lowest BCUT2D eigenvalue weighted by molar-refractivity contribution is 0.589. The molecular formula is C27H26ClFN8. The summed E-state index contributed by atoms with van der Waals surface area (Å²) in [6.07, 6.45) is 5.60. The monoisotopic (exact) mass is 516 g/mol. The van der Waals surface area contributed by atoms with E-state index in [1.807, 2.05) is 12.1 Å². The predicted molar refractivity (Wildman–Crippen MR) is 145 cm³/mol. The molecule has 2 aromatic carbocycles. The molecule has 0 atom stereocenters. The lowest BCUT2D eigenvalue weighted by Gasteiger charge is -2.29. The fourth-order valence-electron chi connectivity index (χ4n) is 4.40.